The van der Waals surface area contributed by atoms with E-state index in [4.69, 9.17) is 5.73 Å². The van der Waals surface area contributed by atoms with Gasteiger partial charge >= 0.3 is 0 Å². The number of nitrogens with zero attached hydrogens (tertiary/aromatic N) is 1. The van der Waals surface area contributed by atoms with E-state index in [9.17, 15) is 4.79 Å². The third-order valence-corrected chi connectivity index (χ3v) is 3.60. The Hall–Kier alpha value is -0.610. The van der Waals surface area contributed by atoms with Crippen molar-refractivity contribution in [3.63, 3.8) is 0 Å². The molecule has 4 nitrogen and oxygen atoms in total. The van der Waals surface area contributed by atoms with Gasteiger partial charge in [-0.3, -0.25) is 4.79 Å². The fraction of sp³-hybridized carbons (Fsp3) is 0.923. The first-order valence-corrected chi connectivity index (χ1v) is 6.94. The second-order valence-corrected chi connectivity index (χ2v) is 4.89. The third kappa shape index (κ3) is 5.04. The lowest BCUT2D eigenvalue weighted by molar-refractivity contribution is -0.130. The number of carbonyl (C=O) groups excluding carboxylic acids is 1. The number of nitrogens with one attached hydrogen (secondary N) is 1. The minimum atomic E-state index is 0.252. The highest BCUT2D eigenvalue weighted by atomic mass is 16.2. The largest absolute Gasteiger partial charge is 0.343 e. The number of hydrogen-bond donors (Lipinski definition) is 2. The highest BCUT2D eigenvalue weighted by molar-refractivity contribution is 5.76. The highest BCUT2D eigenvalue weighted by Crippen LogP contribution is 2.16. The van der Waals surface area contributed by atoms with E-state index >= 15 is 0 Å². The van der Waals surface area contributed by atoms with Crippen LogP contribution in [0.2, 0.25) is 0 Å². The Labute approximate surface area is 105 Å². The summed E-state index contributed by atoms with van der Waals surface area (Å²) >= 11 is 0. The van der Waals surface area contributed by atoms with Gasteiger partial charge in [0.05, 0.1) is 0 Å². The molecular weight excluding hydrogens is 214 g/mol. The van der Waals surface area contributed by atoms with Gasteiger partial charge in [-0.05, 0) is 33.1 Å². The molecule has 1 aliphatic carbocycles. The van der Waals surface area contributed by atoms with Crippen LogP contribution < -0.4 is 11.1 Å². The predicted octanol–water partition coefficient (Wildman–Crippen LogP) is 1.10. The molecule has 0 spiro atoms. The van der Waals surface area contributed by atoms with Crippen LogP contribution >= 0.6 is 0 Å². The normalized spacial score (nSPS) is 24.6. The molecule has 0 bridgehead atoms. The van der Waals surface area contributed by atoms with Crippen LogP contribution in [0.1, 0.15) is 46.0 Å². The second-order valence-electron chi connectivity index (χ2n) is 4.89. The van der Waals surface area contributed by atoms with E-state index in [1.165, 1.54) is 12.8 Å². The highest BCUT2D eigenvalue weighted by Gasteiger charge is 2.18. The average molecular weight is 241 g/mol. The third-order valence-electron chi connectivity index (χ3n) is 3.60. The second kappa shape index (κ2) is 7.67. The fourth-order valence-electron chi connectivity index (χ4n) is 2.53. The lowest BCUT2D eigenvalue weighted by Crippen LogP contribution is -2.41. The van der Waals surface area contributed by atoms with Gasteiger partial charge in [-0.2, -0.15) is 0 Å². The molecule has 1 aliphatic rings. The molecule has 0 aliphatic heterocycles. The zero-order valence-electron chi connectivity index (χ0n) is 11.2. The molecule has 2 atom stereocenters. The van der Waals surface area contributed by atoms with Crippen LogP contribution in [0.4, 0.5) is 0 Å². The monoisotopic (exact) mass is 241 g/mol. The lowest BCUT2D eigenvalue weighted by Gasteiger charge is -2.27. The van der Waals surface area contributed by atoms with Gasteiger partial charge in [0.1, 0.15) is 0 Å². The molecule has 4 heteroatoms. The molecule has 0 radical (unpaired) electrons. The van der Waals surface area contributed by atoms with Crippen molar-refractivity contribution < 1.29 is 4.79 Å². The predicted molar refractivity (Wildman–Crippen MR) is 70.8 cm³/mol. The Morgan fingerprint density at radius 3 is 2.65 bits per heavy atom. The Balaban J connectivity index is 2.16. The Kier molecular flexibility index (Phi) is 6.52. The maximum Gasteiger partial charge on any atom is 0.223 e. The van der Waals surface area contributed by atoms with Crippen molar-refractivity contribution >= 4 is 5.91 Å². The molecule has 1 fully saturated rings. The van der Waals surface area contributed by atoms with Crippen molar-refractivity contribution in [1.29, 1.82) is 0 Å². The Morgan fingerprint density at radius 2 is 2.06 bits per heavy atom. The Morgan fingerprint density at radius 1 is 1.35 bits per heavy atom. The summed E-state index contributed by atoms with van der Waals surface area (Å²) in [6.45, 7) is 6.45. The van der Waals surface area contributed by atoms with Crippen molar-refractivity contribution in [2.75, 3.05) is 19.6 Å². The summed E-state index contributed by atoms with van der Waals surface area (Å²) in [5.41, 5.74) is 5.93. The molecule has 0 aromatic heterocycles. The molecule has 3 N–H and O–H groups in total. The molecule has 0 heterocycles. The first-order valence-electron chi connectivity index (χ1n) is 6.94. The number of amides is 1. The van der Waals surface area contributed by atoms with Gasteiger partial charge in [0.15, 0.2) is 0 Å². The molecule has 1 saturated carbocycles. The topological polar surface area (TPSA) is 58.4 Å². The van der Waals surface area contributed by atoms with E-state index < -0.39 is 0 Å². The smallest absolute Gasteiger partial charge is 0.223 e. The van der Waals surface area contributed by atoms with Crippen molar-refractivity contribution in [3.8, 4) is 0 Å². The van der Waals surface area contributed by atoms with Crippen LogP contribution in [0, 0.1) is 0 Å². The summed E-state index contributed by atoms with van der Waals surface area (Å²) in [6, 6.07) is 0.864. The molecule has 0 saturated heterocycles. The molecule has 100 valence electrons. The summed E-state index contributed by atoms with van der Waals surface area (Å²) < 4.78 is 0. The summed E-state index contributed by atoms with van der Waals surface area (Å²) in [4.78, 5) is 13.7. The van der Waals surface area contributed by atoms with Gasteiger partial charge < -0.3 is 16.0 Å². The van der Waals surface area contributed by atoms with E-state index in [0.29, 0.717) is 18.5 Å². The maximum absolute atomic E-state index is 11.8. The zero-order valence-corrected chi connectivity index (χ0v) is 11.2. The van der Waals surface area contributed by atoms with Crippen LogP contribution in [0.25, 0.3) is 0 Å². The lowest BCUT2D eigenvalue weighted by atomic mass is 9.91. The number of hydrogen-bond acceptors (Lipinski definition) is 3. The summed E-state index contributed by atoms with van der Waals surface area (Å²) in [5, 5.41) is 3.46. The molecule has 17 heavy (non-hydrogen) atoms. The summed E-state index contributed by atoms with van der Waals surface area (Å²) in [5.74, 6) is 0.252. The van der Waals surface area contributed by atoms with Crippen LogP contribution in [-0.2, 0) is 4.79 Å². The molecular formula is C13H27N3O. The minimum absolute atomic E-state index is 0.252. The van der Waals surface area contributed by atoms with E-state index in [1.807, 2.05) is 18.7 Å². The van der Waals surface area contributed by atoms with E-state index in [1.54, 1.807) is 0 Å². The summed E-state index contributed by atoms with van der Waals surface area (Å²) in [7, 11) is 0. The van der Waals surface area contributed by atoms with Crippen LogP contribution in [0.3, 0.4) is 0 Å². The van der Waals surface area contributed by atoms with Crippen LogP contribution in [-0.4, -0.2) is 42.5 Å². The van der Waals surface area contributed by atoms with Gasteiger partial charge in [-0.15, -0.1) is 0 Å². The quantitative estimate of drug-likeness (QED) is 0.732. The first kappa shape index (κ1) is 14.5. The average Bonchev–Trinajstić information content (AvgIpc) is 2.30. The number of carbonyl (C=O) groups is 1. The van der Waals surface area contributed by atoms with E-state index in [0.717, 1.165) is 32.5 Å². The number of rotatable bonds is 6. The SMILES string of the molecule is CCN(CC)C(=O)CCNC1CCCC(N)C1. The molecule has 2 unspecified atom stereocenters. The standard InChI is InChI=1S/C13H27N3O/c1-3-16(4-2)13(17)8-9-15-12-7-5-6-11(14)10-12/h11-12,15H,3-10,14H2,1-2H3. The van der Waals surface area contributed by atoms with Gasteiger partial charge in [0, 0.05) is 38.1 Å². The van der Waals surface area contributed by atoms with Crippen molar-refractivity contribution in [3.05, 3.63) is 0 Å². The zero-order chi connectivity index (χ0) is 12.7. The molecule has 1 rings (SSSR count). The number of nitrogens with two attached hydrogens (primary N) is 1. The van der Waals surface area contributed by atoms with E-state index in [-0.39, 0.29) is 5.91 Å². The summed E-state index contributed by atoms with van der Waals surface area (Å²) in [6.07, 6.45) is 5.22. The van der Waals surface area contributed by atoms with Crippen molar-refractivity contribution in [1.82, 2.24) is 10.2 Å². The van der Waals surface area contributed by atoms with Gasteiger partial charge in [-0.1, -0.05) is 6.42 Å². The first-order chi connectivity index (χ1) is 8.17. The molecule has 0 aromatic rings. The fourth-order valence-corrected chi connectivity index (χ4v) is 2.53. The van der Waals surface area contributed by atoms with Crippen LogP contribution in [0.15, 0.2) is 0 Å². The van der Waals surface area contributed by atoms with E-state index in [2.05, 4.69) is 5.32 Å². The van der Waals surface area contributed by atoms with Gasteiger partial charge in [0.25, 0.3) is 0 Å². The van der Waals surface area contributed by atoms with Gasteiger partial charge in [0.2, 0.25) is 5.91 Å². The Bertz CT molecular complexity index is 229. The molecule has 0 aromatic carbocycles. The molecule has 1 amide bonds. The minimum Gasteiger partial charge on any atom is -0.343 e. The van der Waals surface area contributed by atoms with Crippen molar-refractivity contribution in [2.24, 2.45) is 5.73 Å². The van der Waals surface area contributed by atoms with Gasteiger partial charge in [-0.25, -0.2) is 0 Å². The van der Waals surface area contributed by atoms with Crippen LogP contribution in [0.5, 0.6) is 0 Å². The van der Waals surface area contributed by atoms with Crippen molar-refractivity contribution in [2.45, 2.75) is 58.0 Å². The maximum atomic E-state index is 11.8.